The Kier molecular flexibility index (Phi) is 5.68. The summed E-state index contributed by atoms with van der Waals surface area (Å²) in [6.45, 7) is 4.24. The summed E-state index contributed by atoms with van der Waals surface area (Å²) in [5, 5.41) is 14.7. The van der Waals surface area contributed by atoms with E-state index in [1.54, 1.807) is 12.3 Å². The van der Waals surface area contributed by atoms with E-state index in [2.05, 4.69) is 62.8 Å². The first-order valence-electron chi connectivity index (χ1n) is 10.7. The lowest BCUT2D eigenvalue weighted by molar-refractivity contribution is 0.472. The smallest absolute Gasteiger partial charge is 0.174 e. The minimum Gasteiger partial charge on any atom is -0.506 e. The number of aromatic hydroxyl groups is 1. The lowest BCUT2D eigenvalue weighted by Crippen LogP contribution is -2.29. The van der Waals surface area contributed by atoms with Gasteiger partial charge in [0.1, 0.15) is 5.75 Å². The van der Waals surface area contributed by atoms with Gasteiger partial charge >= 0.3 is 0 Å². The molecule has 1 aliphatic heterocycles. The molecule has 1 saturated heterocycles. The number of halogens is 1. The fraction of sp³-hybridized carbons (Fsp3) is 0.154. The molecular formula is C26H23BrN4OS. The molecule has 2 N–H and O–H groups in total. The lowest BCUT2D eigenvalue weighted by Gasteiger charge is -2.28. The second kappa shape index (κ2) is 8.65. The Morgan fingerprint density at radius 2 is 1.73 bits per heavy atom. The van der Waals surface area contributed by atoms with Gasteiger partial charge in [0, 0.05) is 27.7 Å². The molecule has 0 amide bonds. The molecule has 1 fully saturated rings. The Bertz CT molecular complexity index is 1320. The van der Waals surface area contributed by atoms with Crippen molar-refractivity contribution < 1.29 is 5.11 Å². The molecule has 166 valence electrons. The minimum atomic E-state index is -0.184. The maximum atomic E-state index is 10.7. The third-order valence-corrected chi connectivity index (χ3v) is 6.96. The molecule has 2 atom stereocenters. The van der Waals surface area contributed by atoms with Crippen LogP contribution in [0.4, 0.5) is 5.69 Å². The standard InChI is InChI=1S/C26H23BrN4OS/c1-16-15-20(17(2)30(16)19-12-10-18(27)11-13-19)25-24(21-7-5-6-14-28-21)29-26(33)31(25)22-8-3-4-9-23(22)32/h3-15,24-25,32H,1-2H3,(H,29,33). The Morgan fingerprint density at radius 3 is 2.42 bits per heavy atom. The van der Waals surface area contributed by atoms with E-state index in [9.17, 15) is 5.11 Å². The molecule has 0 aliphatic carbocycles. The van der Waals surface area contributed by atoms with Crippen molar-refractivity contribution in [1.82, 2.24) is 14.9 Å². The summed E-state index contributed by atoms with van der Waals surface area (Å²) in [4.78, 5) is 6.64. The van der Waals surface area contributed by atoms with Gasteiger partial charge in [-0.05, 0) is 86.2 Å². The fourth-order valence-electron chi connectivity index (χ4n) is 4.67. The third-order valence-electron chi connectivity index (χ3n) is 6.11. The van der Waals surface area contributed by atoms with Gasteiger partial charge in [-0.15, -0.1) is 0 Å². The van der Waals surface area contributed by atoms with Gasteiger partial charge in [0.25, 0.3) is 0 Å². The van der Waals surface area contributed by atoms with Crippen molar-refractivity contribution in [3.63, 3.8) is 0 Å². The highest BCUT2D eigenvalue weighted by Gasteiger charge is 2.43. The number of rotatable bonds is 4. The summed E-state index contributed by atoms with van der Waals surface area (Å²) in [7, 11) is 0. The lowest BCUT2D eigenvalue weighted by atomic mass is 9.96. The van der Waals surface area contributed by atoms with Crippen LogP contribution < -0.4 is 10.2 Å². The van der Waals surface area contributed by atoms with E-state index in [1.165, 1.54) is 0 Å². The van der Waals surface area contributed by atoms with Gasteiger partial charge in [-0.1, -0.05) is 34.1 Å². The van der Waals surface area contributed by atoms with E-state index in [4.69, 9.17) is 12.2 Å². The maximum Gasteiger partial charge on any atom is 0.174 e. The quantitative estimate of drug-likeness (QED) is 0.318. The SMILES string of the molecule is Cc1cc(C2C(c3ccccn3)NC(=S)N2c2ccccc2O)c(C)n1-c1ccc(Br)cc1. The number of phenols is 1. The van der Waals surface area contributed by atoms with Crippen molar-refractivity contribution in [2.75, 3.05) is 4.90 Å². The van der Waals surface area contributed by atoms with Crippen LogP contribution >= 0.6 is 28.1 Å². The zero-order valence-electron chi connectivity index (χ0n) is 18.2. The van der Waals surface area contributed by atoms with E-state index in [1.807, 2.05) is 53.4 Å². The molecule has 0 spiro atoms. The van der Waals surface area contributed by atoms with E-state index < -0.39 is 0 Å². The van der Waals surface area contributed by atoms with Gasteiger partial charge in [-0.2, -0.15) is 0 Å². The number of para-hydroxylation sites is 2. The number of benzene rings is 2. The van der Waals surface area contributed by atoms with Gasteiger partial charge in [0.05, 0.1) is 23.5 Å². The van der Waals surface area contributed by atoms with Crippen LogP contribution in [0, 0.1) is 13.8 Å². The van der Waals surface area contributed by atoms with Gasteiger partial charge in [-0.3, -0.25) is 4.98 Å². The molecule has 3 heterocycles. The van der Waals surface area contributed by atoms with E-state index in [0.29, 0.717) is 10.8 Å². The Balaban J connectivity index is 1.69. The van der Waals surface area contributed by atoms with E-state index in [0.717, 1.165) is 32.8 Å². The molecule has 0 bridgehead atoms. The van der Waals surface area contributed by atoms with E-state index in [-0.39, 0.29) is 17.8 Å². The second-order valence-electron chi connectivity index (χ2n) is 8.12. The van der Waals surface area contributed by atoms with Gasteiger partial charge < -0.3 is 19.9 Å². The maximum absolute atomic E-state index is 10.7. The van der Waals surface area contributed by atoms with Crippen LogP contribution in [0.15, 0.2) is 83.5 Å². The summed E-state index contributed by atoms with van der Waals surface area (Å²) in [5.74, 6) is 0.190. The normalized spacial score (nSPS) is 17.9. The summed E-state index contributed by atoms with van der Waals surface area (Å²) in [6.07, 6.45) is 1.80. The van der Waals surface area contributed by atoms with Crippen LogP contribution in [0.25, 0.3) is 5.69 Å². The van der Waals surface area contributed by atoms with Crippen LogP contribution in [-0.2, 0) is 0 Å². The molecule has 5 nitrogen and oxygen atoms in total. The molecular weight excluding hydrogens is 496 g/mol. The average Bonchev–Trinajstić information content (AvgIpc) is 3.31. The number of aryl methyl sites for hydroxylation is 1. The molecule has 0 saturated carbocycles. The molecule has 5 rings (SSSR count). The first kappa shape index (κ1) is 21.7. The number of hydrogen-bond acceptors (Lipinski definition) is 3. The first-order valence-corrected chi connectivity index (χ1v) is 11.9. The van der Waals surface area contributed by atoms with Crippen LogP contribution in [-0.4, -0.2) is 19.8 Å². The average molecular weight is 519 g/mol. The summed E-state index contributed by atoms with van der Waals surface area (Å²) < 4.78 is 3.29. The zero-order valence-corrected chi connectivity index (χ0v) is 20.6. The van der Waals surface area contributed by atoms with Crippen LogP contribution in [0.1, 0.15) is 34.7 Å². The topological polar surface area (TPSA) is 53.3 Å². The Morgan fingerprint density at radius 1 is 1.00 bits per heavy atom. The van der Waals surface area contributed by atoms with Gasteiger partial charge in [0.2, 0.25) is 0 Å². The van der Waals surface area contributed by atoms with Crippen molar-refractivity contribution in [3.8, 4) is 11.4 Å². The number of nitrogens with one attached hydrogen (secondary N) is 1. The van der Waals surface area contributed by atoms with Gasteiger partial charge in [0.15, 0.2) is 5.11 Å². The van der Waals surface area contributed by atoms with Crippen molar-refractivity contribution in [1.29, 1.82) is 0 Å². The van der Waals surface area contributed by atoms with Crippen LogP contribution in [0.5, 0.6) is 5.75 Å². The third kappa shape index (κ3) is 3.81. The number of anilines is 1. The zero-order chi connectivity index (χ0) is 23.1. The molecule has 1 aliphatic rings. The Labute approximate surface area is 206 Å². The minimum absolute atomic E-state index is 0.169. The van der Waals surface area contributed by atoms with Crippen molar-refractivity contribution in [2.24, 2.45) is 0 Å². The van der Waals surface area contributed by atoms with E-state index >= 15 is 0 Å². The highest BCUT2D eigenvalue weighted by molar-refractivity contribution is 9.10. The number of nitrogens with zero attached hydrogens (tertiary/aromatic N) is 3. The predicted molar refractivity (Wildman–Crippen MR) is 139 cm³/mol. The molecule has 7 heteroatoms. The monoisotopic (exact) mass is 518 g/mol. The molecule has 2 aromatic carbocycles. The summed E-state index contributed by atoms with van der Waals surface area (Å²) >= 11 is 9.32. The molecule has 2 aromatic heterocycles. The predicted octanol–water partition coefficient (Wildman–Crippen LogP) is 6.13. The number of thiocarbonyl (C=S) groups is 1. The highest BCUT2D eigenvalue weighted by atomic mass is 79.9. The van der Waals surface area contributed by atoms with Crippen molar-refractivity contribution in [3.05, 3.63) is 106 Å². The molecule has 2 unspecified atom stereocenters. The highest BCUT2D eigenvalue weighted by Crippen LogP contribution is 2.45. The van der Waals surface area contributed by atoms with Crippen LogP contribution in [0.2, 0.25) is 0 Å². The summed E-state index contributed by atoms with van der Waals surface area (Å²) in [6, 6.07) is 23.4. The number of hydrogen-bond donors (Lipinski definition) is 2. The largest absolute Gasteiger partial charge is 0.506 e. The van der Waals surface area contributed by atoms with Gasteiger partial charge in [-0.25, -0.2) is 0 Å². The number of pyridine rings is 1. The molecule has 0 radical (unpaired) electrons. The second-order valence-corrected chi connectivity index (χ2v) is 9.43. The number of aromatic nitrogens is 2. The molecule has 33 heavy (non-hydrogen) atoms. The molecule has 4 aromatic rings. The first-order chi connectivity index (χ1) is 16.0. The van der Waals surface area contributed by atoms with Crippen LogP contribution in [0.3, 0.4) is 0 Å². The van der Waals surface area contributed by atoms with Crippen molar-refractivity contribution in [2.45, 2.75) is 25.9 Å². The number of phenolic OH excluding ortho intramolecular Hbond substituents is 1. The fourth-order valence-corrected chi connectivity index (χ4v) is 5.28. The summed E-state index contributed by atoms with van der Waals surface area (Å²) in [5.41, 5.74) is 6.04. The van der Waals surface area contributed by atoms with Crippen molar-refractivity contribution >= 4 is 38.9 Å². The Hall–Kier alpha value is -3.16.